The third-order valence-electron chi connectivity index (χ3n) is 2.69. The van der Waals surface area contributed by atoms with Crippen molar-refractivity contribution < 1.29 is 4.74 Å². The molecule has 2 N–H and O–H groups in total. The van der Waals surface area contributed by atoms with Gasteiger partial charge in [0.15, 0.2) is 0 Å². The van der Waals surface area contributed by atoms with Crippen molar-refractivity contribution in [2.24, 2.45) is 5.73 Å². The number of nitrogens with zero attached hydrogens (tertiary/aromatic N) is 2. The third-order valence-corrected chi connectivity index (χ3v) is 2.69. The Kier molecular flexibility index (Phi) is 4.80. The van der Waals surface area contributed by atoms with Crippen LogP contribution in [-0.4, -0.2) is 23.4 Å². The minimum atomic E-state index is 0.326. The van der Waals surface area contributed by atoms with Crippen molar-refractivity contribution in [1.82, 2.24) is 9.78 Å². The predicted molar refractivity (Wildman–Crippen MR) is 65.9 cm³/mol. The van der Waals surface area contributed by atoms with Crippen molar-refractivity contribution in [2.45, 2.75) is 46.1 Å². The van der Waals surface area contributed by atoms with Gasteiger partial charge < -0.3 is 10.5 Å². The molecule has 1 aromatic rings. The van der Waals surface area contributed by atoms with Crippen LogP contribution < -0.4 is 10.5 Å². The fourth-order valence-corrected chi connectivity index (χ4v) is 1.88. The van der Waals surface area contributed by atoms with Gasteiger partial charge in [-0.25, -0.2) is 4.68 Å². The number of aromatic nitrogens is 2. The van der Waals surface area contributed by atoms with Crippen LogP contribution in [0.5, 0.6) is 5.88 Å². The Labute approximate surface area is 97.8 Å². The van der Waals surface area contributed by atoms with Crippen LogP contribution in [0.1, 0.15) is 44.5 Å². The molecule has 1 rings (SSSR count). The minimum Gasteiger partial charge on any atom is -0.481 e. The Hall–Kier alpha value is -1.03. The molecule has 0 fully saturated rings. The molecule has 0 aliphatic carbocycles. The molecule has 0 spiro atoms. The summed E-state index contributed by atoms with van der Waals surface area (Å²) in [6.45, 7) is 7.06. The Morgan fingerprint density at radius 3 is 2.56 bits per heavy atom. The first-order valence-corrected chi connectivity index (χ1v) is 5.99. The largest absolute Gasteiger partial charge is 0.481 e. The fraction of sp³-hybridized carbons (Fsp3) is 0.750. The van der Waals surface area contributed by atoms with Gasteiger partial charge in [0.2, 0.25) is 5.88 Å². The molecule has 4 heteroatoms. The van der Waals surface area contributed by atoms with Crippen LogP contribution in [0.4, 0.5) is 0 Å². The van der Waals surface area contributed by atoms with Crippen LogP contribution in [0.3, 0.4) is 0 Å². The summed E-state index contributed by atoms with van der Waals surface area (Å²) in [5.41, 5.74) is 7.92. The fourth-order valence-electron chi connectivity index (χ4n) is 1.88. The molecular formula is C12H23N3O. The number of aryl methyl sites for hydroxylation is 1. The SMILES string of the molecule is CCc1nn(C(C)C)c(OC)c1CCCN. The van der Waals surface area contributed by atoms with Crippen molar-refractivity contribution in [3.63, 3.8) is 0 Å². The smallest absolute Gasteiger partial charge is 0.215 e. The number of rotatable bonds is 6. The number of methoxy groups -OCH3 is 1. The molecular weight excluding hydrogens is 202 g/mol. The minimum absolute atomic E-state index is 0.326. The van der Waals surface area contributed by atoms with Crippen molar-refractivity contribution in [3.8, 4) is 5.88 Å². The average Bonchev–Trinajstić information content (AvgIpc) is 2.63. The second-order valence-electron chi connectivity index (χ2n) is 4.22. The van der Waals surface area contributed by atoms with Gasteiger partial charge in [-0.2, -0.15) is 5.10 Å². The highest BCUT2D eigenvalue weighted by molar-refractivity contribution is 5.32. The van der Waals surface area contributed by atoms with E-state index >= 15 is 0 Å². The van der Waals surface area contributed by atoms with Crippen molar-refractivity contribution in [3.05, 3.63) is 11.3 Å². The molecule has 0 aromatic carbocycles. The van der Waals surface area contributed by atoms with Gasteiger partial charge in [0.25, 0.3) is 0 Å². The lowest BCUT2D eigenvalue weighted by atomic mass is 10.1. The van der Waals surface area contributed by atoms with Gasteiger partial charge in [-0.15, -0.1) is 0 Å². The highest BCUT2D eigenvalue weighted by Gasteiger charge is 2.18. The molecule has 0 aliphatic rings. The molecule has 0 aliphatic heterocycles. The van der Waals surface area contributed by atoms with E-state index in [0.29, 0.717) is 12.6 Å². The van der Waals surface area contributed by atoms with E-state index in [4.69, 9.17) is 10.5 Å². The summed E-state index contributed by atoms with van der Waals surface area (Å²) in [7, 11) is 1.71. The van der Waals surface area contributed by atoms with E-state index < -0.39 is 0 Å². The quantitative estimate of drug-likeness (QED) is 0.804. The van der Waals surface area contributed by atoms with Gasteiger partial charge in [-0.1, -0.05) is 6.92 Å². The summed E-state index contributed by atoms with van der Waals surface area (Å²) in [5.74, 6) is 0.903. The van der Waals surface area contributed by atoms with Gasteiger partial charge in [0.05, 0.1) is 18.8 Å². The Bertz CT molecular complexity index is 331. The highest BCUT2D eigenvalue weighted by Crippen LogP contribution is 2.27. The zero-order valence-electron chi connectivity index (χ0n) is 10.8. The maximum atomic E-state index is 5.56. The van der Waals surface area contributed by atoms with E-state index in [9.17, 15) is 0 Å². The maximum absolute atomic E-state index is 5.56. The van der Waals surface area contributed by atoms with Crippen LogP contribution >= 0.6 is 0 Å². The van der Waals surface area contributed by atoms with E-state index in [2.05, 4.69) is 25.9 Å². The number of ether oxygens (including phenoxy) is 1. The molecule has 16 heavy (non-hydrogen) atoms. The van der Waals surface area contributed by atoms with Crippen LogP contribution in [0, 0.1) is 0 Å². The monoisotopic (exact) mass is 225 g/mol. The second-order valence-corrected chi connectivity index (χ2v) is 4.22. The molecule has 92 valence electrons. The third kappa shape index (κ3) is 2.55. The summed E-state index contributed by atoms with van der Waals surface area (Å²) < 4.78 is 7.44. The summed E-state index contributed by atoms with van der Waals surface area (Å²) in [6, 6.07) is 0.326. The Morgan fingerprint density at radius 1 is 1.44 bits per heavy atom. The first kappa shape index (κ1) is 13.0. The topological polar surface area (TPSA) is 53.1 Å². The molecule has 1 heterocycles. The lowest BCUT2D eigenvalue weighted by molar-refractivity contribution is 0.341. The first-order valence-electron chi connectivity index (χ1n) is 5.99. The number of hydrogen-bond acceptors (Lipinski definition) is 3. The first-order chi connectivity index (χ1) is 7.65. The van der Waals surface area contributed by atoms with Gasteiger partial charge >= 0.3 is 0 Å². The van der Waals surface area contributed by atoms with Gasteiger partial charge in [0, 0.05) is 5.56 Å². The molecule has 0 unspecified atom stereocenters. The Morgan fingerprint density at radius 2 is 2.12 bits per heavy atom. The molecule has 0 atom stereocenters. The molecule has 0 radical (unpaired) electrons. The van der Waals surface area contributed by atoms with Crippen LogP contribution in [0.15, 0.2) is 0 Å². The van der Waals surface area contributed by atoms with Gasteiger partial charge in [-0.05, 0) is 39.7 Å². The predicted octanol–water partition coefficient (Wildman–Crippen LogP) is 1.93. The maximum Gasteiger partial charge on any atom is 0.215 e. The summed E-state index contributed by atoms with van der Waals surface area (Å²) in [6.07, 6.45) is 2.87. The Balaban J connectivity index is 3.09. The molecule has 0 saturated carbocycles. The molecule has 1 aromatic heterocycles. The van der Waals surface area contributed by atoms with Crippen molar-refractivity contribution in [2.75, 3.05) is 13.7 Å². The molecule has 0 saturated heterocycles. The van der Waals surface area contributed by atoms with Gasteiger partial charge in [0.1, 0.15) is 0 Å². The molecule has 4 nitrogen and oxygen atoms in total. The number of hydrogen-bond donors (Lipinski definition) is 1. The van der Waals surface area contributed by atoms with E-state index in [1.807, 2.05) is 4.68 Å². The lowest BCUT2D eigenvalue weighted by Crippen LogP contribution is -2.06. The van der Waals surface area contributed by atoms with E-state index in [1.165, 1.54) is 5.56 Å². The standard InChI is InChI=1S/C12H23N3O/c1-5-11-10(7-6-8-13)12(16-4)15(14-11)9(2)3/h9H,5-8,13H2,1-4H3. The van der Waals surface area contributed by atoms with Gasteiger partial charge in [-0.3, -0.25) is 0 Å². The zero-order valence-corrected chi connectivity index (χ0v) is 10.8. The van der Waals surface area contributed by atoms with Crippen molar-refractivity contribution in [1.29, 1.82) is 0 Å². The normalized spacial score (nSPS) is 11.1. The summed E-state index contributed by atoms with van der Waals surface area (Å²) in [5, 5.41) is 4.60. The van der Waals surface area contributed by atoms with Crippen LogP contribution in [-0.2, 0) is 12.8 Å². The zero-order chi connectivity index (χ0) is 12.1. The van der Waals surface area contributed by atoms with E-state index in [1.54, 1.807) is 7.11 Å². The molecule has 0 amide bonds. The second kappa shape index (κ2) is 5.89. The van der Waals surface area contributed by atoms with E-state index in [0.717, 1.165) is 30.8 Å². The summed E-state index contributed by atoms with van der Waals surface area (Å²) in [4.78, 5) is 0. The number of nitrogens with two attached hydrogens (primary N) is 1. The van der Waals surface area contributed by atoms with Crippen LogP contribution in [0.2, 0.25) is 0 Å². The van der Waals surface area contributed by atoms with E-state index in [-0.39, 0.29) is 0 Å². The van der Waals surface area contributed by atoms with Crippen molar-refractivity contribution >= 4 is 0 Å². The molecule has 0 bridgehead atoms. The lowest BCUT2D eigenvalue weighted by Gasteiger charge is -2.10. The van der Waals surface area contributed by atoms with Crippen LogP contribution in [0.25, 0.3) is 0 Å². The summed E-state index contributed by atoms with van der Waals surface area (Å²) >= 11 is 0. The average molecular weight is 225 g/mol. The highest BCUT2D eigenvalue weighted by atomic mass is 16.5.